The molecule has 5 heteroatoms. The fraction of sp³-hybridized carbons (Fsp3) is 0.714. The van der Waals surface area contributed by atoms with Crippen LogP contribution in [0.2, 0.25) is 0 Å². The number of benzene rings is 1. The number of rotatable bonds is 10. The Labute approximate surface area is 155 Å². The maximum atomic E-state index is 12.3. The largest absolute Gasteiger partial charge is 0.389 e. The van der Waals surface area contributed by atoms with Gasteiger partial charge in [-0.1, -0.05) is 63.3 Å². The molecule has 0 spiro atoms. The molecule has 0 saturated carbocycles. The predicted octanol–water partition coefficient (Wildman–Crippen LogP) is 6.59. The zero-order valence-electron chi connectivity index (χ0n) is 15.7. The predicted molar refractivity (Wildman–Crippen MR) is 96.9 cm³/mol. The molecule has 0 N–H and O–H groups in total. The van der Waals surface area contributed by atoms with Crippen molar-refractivity contribution in [3.05, 3.63) is 35.4 Å². The molecular formula is C21H31F3O2. The minimum absolute atomic E-state index is 0.0629. The molecule has 0 amide bonds. The zero-order valence-corrected chi connectivity index (χ0v) is 15.7. The van der Waals surface area contributed by atoms with E-state index in [9.17, 15) is 13.2 Å². The van der Waals surface area contributed by atoms with Crippen LogP contribution in [0.3, 0.4) is 0 Å². The third-order valence-electron chi connectivity index (χ3n) is 4.87. The van der Waals surface area contributed by atoms with Gasteiger partial charge in [0, 0.05) is 17.9 Å². The first-order chi connectivity index (χ1) is 12.5. The van der Waals surface area contributed by atoms with Crippen LogP contribution in [0.25, 0.3) is 0 Å². The van der Waals surface area contributed by atoms with Crippen LogP contribution in [0.4, 0.5) is 13.2 Å². The average molecular weight is 372 g/mol. The number of hydrogen-bond acceptors (Lipinski definition) is 2. The van der Waals surface area contributed by atoms with Gasteiger partial charge < -0.3 is 9.47 Å². The minimum atomic E-state index is -4.11. The molecule has 0 radical (unpaired) electrons. The SMILES string of the molecule is CCCCCCCCc1ccc(C2OCC(CCC(F)(F)F)CO2)cc1. The van der Waals surface area contributed by atoms with Crippen LogP contribution in [0, 0.1) is 5.92 Å². The van der Waals surface area contributed by atoms with Gasteiger partial charge in [-0.2, -0.15) is 13.2 Å². The molecular weight excluding hydrogens is 341 g/mol. The number of hydrogen-bond donors (Lipinski definition) is 0. The highest BCUT2D eigenvalue weighted by atomic mass is 19.4. The molecule has 148 valence electrons. The molecule has 0 aliphatic carbocycles. The number of aryl methyl sites for hydroxylation is 1. The van der Waals surface area contributed by atoms with E-state index in [0.717, 1.165) is 12.0 Å². The van der Waals surface area contributed by atoms with Gasteiger partial charge >= 0.3 is 6.18 Å². The maximum absolute atomic E-state index is 12.3. The van der Waals surface area contributed by atoms with Gasteiger partial charge in [-0.25, -0.2) is 0 Å². The molecule has 1 saturated heterocycles. The van der Waals surface area contributed by atoms with Gasteiger partial charge in [-0.15, -0.1) is 0 Å². The Morgan fingerprint density at radius 1 is 0.923 bits per heavy atom. The second kappa shape index (κ2) is 10.9. The van der Waals surface area contributed by atoms with E-state index in [0.29, 0.717) is 13.2 Å². The normalized spacial score (nSPS) is 21.1. The molecule has 1 aliphatic rings. The minimum Gasteiger partial charge on any atom is -0.348 e. The zero-order chi connectivity index (χ0) is 18.8. The number of ether oxygens (including phenoxy) is 2. The van der Waals surface area contributed by atoms with E-state index in [2.05, 4.69) is 19.1 Å². The summed E-state index contributed by atoms with van der Waals surface area (Å²) in [4.78, 5) is 0. The van der Waals surface area contributed by atoms with Gasteiger partial charge in [0.05, 0.1) is 13.2 Å². The van der Waals surface area contributed by atoms with Gasteiger partial charge in [0.2, 0.25) is 0 Å². The third kappa shape index (κ3) is 8.09. The lowest BCUT2D eigenvalue weighted by molar-refractivity contribution is -0.211. The van der Waals surface area contributed by atoms with Crippen molar-refractivity contribution in [2.45, 2.75) is 77.2 Å². The number of unbranched alkanes of at least 4 members (excludes halogenated alkanes) is 5. The molecule has 1 fully saturated rings. The van der Waals surface area contributed by atoms with Crippen LogP contribution >= 0.6 is 0 Å². The first-order valence-electron chi connectivity index (χ1n) is 9.86. The maximum Gasteiger partial charge on any atom is 0.389 e. The Kier molecular flexibility index (Phi) is 8.93. The molecule has 1 aliphatic heterocycles. The molecule has 0 unspecified atom stereocenters. The third-order valence-corrected chi connectivity index (χ3v) is 4.87. The van der Waals surface area contributed by atoms with Crippen molar-refractivity contribution in [2.24, 2.45) is 5.92 Å². The van der Waals surface area contributed by atoms with Crippen LogP contribution < -0.4 is 0 Å². The fourth-order valence-corrected chi connectivity index (χ4v) is 3.22. The lowest BCUT2D eigenvalue weighted by atomic mass is 10.0. The van der Waals surface area contributed by atoms with E-state index >= 15 is 0 Å². The van der Waals surface area contributed by atoms with Crippen molar-refractivity contribution in [3.63, 3.8) is 0 Å². The summed E-state index contributed by atoms with van der Waals surface area (Å²) in [7, 11) is 0. The van der Waals surface area contributed by atoms with E-state index in [1.807, 2.05) is 12.1 Å². The molecule has 0 aromatic heterocycles. The van der Waals surface area contributed by atoms with Crippen molar-refractivity contribution < 1.29 is 22.6 Å². The first kappa shape index (κ1) is 21.2. The summed E-state index contributed by atoms with van der Waals surface area (Å²) in [6.45, 7) is 2.87. The summed E-state index contributed by atoms with van der Waals surface area (Å²) in [6, 6.07) is 8.22. The van der Waals surface area contributed by atoms with Gasteiger partial charge in [0.1, 0.15) is 0 Å². The van der Waals surface area contributed by atoms with Gasteiger partial charge in [0.25, 0.3) is 0 Å². The second-order valence-electron chi connectivity index (χ2n) is 7.28. The standard InChI is InChI=1S/C21H31F3O2/c1-2-3-4-5-6-7-8-17-9-11-19(12-10-17)20-25-15-18(16-26-20)13-14-21(22,23)24/h9-12,18,20H,2-8,13-16H2,1H3. The van der Waals surface area contributed by atoms with Crippen LogP contribution in [0.1, 0.15) is 75.7 Å². The van der Waals surface area contributed by atoms with Crippen LogP contribution in [0.5, 0.6) is 0 Å². The summed E-state index contributed by atoms with van der Waals surface area (Å²) in [6.07, 6.45) is 3.52. The molecule has 0 bridgehead atoms. The van der Waals surface area contributed by atoms with Crippen LogP contribution in [-0.4, -0.2) is 19.4 Å². The first-order valence-corrected chi connectivity index (χ1v) is 9.86. The van der Waals surface area contributed by atoms with Crippen molar-refractivity contribution in [1.82, 2.24) is 0 Å². The number of halogens is 3. The van der Waals surface area contributed by atoms with Crippen molar-refractivity contribution >= 4 is 0 Å². The number of alkyl halides is 3. The second-order valence-corrected chi connectivity index (χ2v) is 7.28. The molecule has 0 atom stereocenters. The monoisotopic (exact) mass is 372 g/mol. The Bertz CT molecular complexity index is 491. The quantitative estimate of drug-likeness (QED) is 0.431. The summed E-state index contributed by atoms with van der Waals surface area (Å²) in [5.41, 5.74) is 2.24. The lowest BCUT2D eigenvalue weighted by Gasteiger charge is -2.30. The Morgan fingerprint density at radius 3 is 2.15 bits per heavy atom. The summed E-state index contributed by atoms with van der Waals surface area (Å²) < 4.78 is 48.1. The van der Waals surface area contributed by atoms with Crippen molar-refractivity contribution in [1.29, 1.82) is 0 Å². The highest BCUT2D eigenvalue weighted by molar-refractivity contribution is 5.23. The molecule has 1 heterocycles. The fourth-order valence-electron chi connectivity index (χ4n) is 3.22. The summed E-state index contributed by atoms with van der Waals surface area (Å²) in [5, 5.41) is 0. The van der Waals surface area contributed by atoms with Gasteiger partial charge in [0.15, 0.2) is 6.29 Å². The van der Waals surface area contributed by atoms with Gasteiger partial charge in [-0.3, -0.25) is 0 Å². The highest BCUT2D eigenvalue weighted by Crippen LogP contribution is 2.30. The Balaban J connectivity index is 1.67. The van der Waals surface area contributed by atoms with E-state index in [1.54, 1.807) is 0 Å². The van der Waals surface area contributed by atoms with Crippen molar-refractivity contribution in [3.8, 4) is 0 Å². The van der Waals surface area contributed by atoms with E-state index in [-0.39, 0.29) is 12.3 Å². The highest BCUT2D eigenvalue weighted by Gasteiger charge is 2.30. The molecule has 2 nitrogen and oxygen atoms in total. The summed E-state index contributed by atoms with van der Waals surface area (Å²) in [5.74, 6) is -0.181. The van der Waals surface area contributed by atoms with Crippen LogP contribution in [0.15, 0.2) is 24.3 Å². The Hall–Kier alpha value is -1.07. The molecule has 26 heavy (non-hydrogen) atoms. The van der Waals surface area contributed by atoms with Crippen LogP contribution in [-0.2, 0) is 15.9 Å². The average Bonchev–Trinajstić information content (AvgIpc) is 2.63. The van der Waals surface area contributed by atoms with Gasteiger partial charge in [-0.05, 0) is 24.8 Å². The van der Waals surface area contributed by atoms with E-state index < -0.39 is 18.9 Å². The topological polar surface area (TPSA) is 18.5 Å². The lowest BCUT2D eigenvalue weighted by Crippen LogP contribution is -2.28. The molecule has 1 aromatic carbocycles. The Morgan fingerprint density at radius 2 is 1.54 bits per heavy atom. The summed E-state index contributed by atoms with van der Waals surface area (Å²) >= 11 is 0. The van der Waals surface area contributed by atoms with E-state index in [1.165, 1.54) is 44.1 Å². The van der Waals surface area contributed by atoms with Crippen molar-refractivity contribution in [2.75, 3.05) is 13.2 Å². The molecule has 2 rings (SSSR count). The van der Waals surface area contributed by atoms with E-state index in [4.69, 9.17) is 9.47 Å². The smallest absolute Gasteiger partial charge is 0.348 e. The molecule has 1 aromatic rings.